The molecule has 0 unspecified atom stereocenters. The first kappa shape index (κ1) is 23.8. The van der Waals surface area contributed by atoms with Crippen LogP contribution < -0.4 is 20.1 Å². The number of rotatable bonds is 6. The largest absolute Gasteiger partial charge is 0.495 e. The van der Waals surface area contributed by atoms with Gasteiger partial charge >= 0.3 is 0 Å². The molecule has 0 bridgehead atoms. The van der Waals surface area contributed by atoms with Crippen LogP contribution in [0.4, 0.5) is 17.1 Å². The number of nitrogens with zero attached hydrogens (tertiary/aromatic N) is 3. The molecule has 1 aromatic heterocycles. The van der Waals surface area contributed by atoms with Crippen LogP contribution in [0, 0.1) is 22.8 Å². The Morgan fingerprint density at radius 3 is 2.12 bits per heavy atom. The average Bonchev–Trinajstić information content (AvgIpc) is 3.26. The zero-order valence-corrected chi connectivity index (χ0v) is 19.2. The van der Waals surface area contributed by atoms with E-state index in [-0.39, 0.29) is 0 Å². The van der Waals surface area contributed by atoms with E-state index >= 15 is 0 Å². The lowest BCUT2D eigenvalue weighted by Gasteiger charge is -2.10. The third-order valence-electron chi connectivity index (χ3n) is 5.08. The molecule has 0 radical (unpaired) electrons. The fourth-order valence-electron chi connectivity index (χ4n) is 3.35. The van der Waals surface area contributed by atoms with Crippen LogP contribution in [-0.2, 0) is 7.05 Å². The Kier molecular flexibility index (Phi) is 8.15. The molecule has 4 aromatic rings. The number of aromatic nitrogens is 1. The summed E-state index contributed by atoms with van der Waals surface area (Å²) in [6.45, 7) is 0. The minimum absolute atomic E-state index is 0.582. The van der Waals surface area contributed by atoms with Crippen molar-refractivity contribution in [2.45, 2.75) is 0 Å². The van der Waals surface area contributed by atoms with E-state index in [4.69, 9.17) is 20.0 Å². The average molecular weight is 452 g/mol. The van der Waals surface area contributed by atoms with E-state index in [1.54, 1.807) is 26.4 Å². The Balaban J connectivity index is 0.000000196. The van der Waals surface area contributed by atoms with Gasteiger partial charge in [-0.3, -0.25) is 5.32 Å². The summed E-state index contributed by atoms with van der Waals surface area (Å²) < 4.78 is 12.3. The summed E-state index contributed by atoms with van der Waals surface area (Å²) in [6.07, 6.45) is 1.86. The number of nitriles is 2. The van der Waals surface area contributed by atoms with Crippen molar-refractivity contribution in [3.05, 3.63) is 90.6 Å². The molecule has 7 heteroatoms. The van der Waals surface area contributed by atoms with Gasteiger partial charge in [-0.15, -0.1) is 0 Å². The van der Waals surface area contributed by atoms with Crippen molar-refractivity contribution in [2.75, 3.05) is 24.9 Å². The molecule has 2 N–H and O–H groups in total. The second-order valence-corrected chi connectivity index (χ2v) is 7.12. The van der Waals surface area contributed by atoms with Crippen molar-refractivity contribution in [2.24, 2.45) is 7.05 Å². The number of methoxy groups -OCH3 is 2. The summed E-state index contributed by atoms with van der Waals surface area (Å²) in [5.74, 6) is 1.43. The summed E-state index contributed by atoms with van der Waals surface area (Å²) in [5, 5.41) is 23.5. The van der Waals surface area contributed by atoms with E-state index in [1.807, 2.05) is 90.6 Å². The van der Waals surface area contributed by atoms with Crippen molar-refractivity contribution >= 4 is 17.1 Å². The molecular formula is C27H25N5O2. The number of anilines is 3. The Hall–Kier alpha value is -4.88. The Labute approximate surface area is 199 Å². The number of para-hydroxylation sites is 3. The van der Waals surface area contributed by atoms with E-state index in [2.05, 4.69) is 16.7 Å². The second kappa shape index (κ2) is 11.7. The normalized spacial score (nSPS) is 9.56. The van der Waals surface area contributed by atoms with Crippen molar-refractivity contribution in [3.8, 4) is 35.0 Å². The summed E-state index contributed by atoms with van der Waals surface area (Å²) >= 11 is 0. The maximum Gasteiger partial charge on any atom is 0.181 e. The zero-order chi connectivity index (χ0) is 24.3. The topological polar surface area (TPSA) is 95.0 Å². The molecule has 1 heterocycles. The first-order chi connectivity index (χ1) is 16.6. The second-order valence-electron chi connectivity index (χ2n) is 7.12. The van der Waals surface area contributed by atoms with E-state index in [1.165, 1.54) is 0 Å². The predicted octanol–water partition coefficient (Wildman–Crippen LogP) is 5.90. The van der Waals surface area contributed by atoms with Gasteiger partial charge in [0.05, 0.1) is 25.6 Å². The molecule has 0 atom stereocenters. The molecule has 170 valence electrons. The van der Waals surface area contributed by atoms with Crippen molar-refractivity contribution < 1.29 is 9.47 Å². The molecular weight excluding hydrogens is 426 g/mol. The highest BCUT2D eigenvalue weighted by molar-refractivity contribution is 5.71. The summed E-state index contributed by atoms with van der Waals surface area (Å²) in [7, 11) is 5.06. The molecule has 0 amide bonds. The maximum absolute atomic E-state index is 8.95. The summed E-state index contributed by atoms with van der Waals surface area (Å²) in [4.78, 5) is 0. The van der Waals surface area contributed by atoms with Crippen LogP contribution in [0.5, 0.6) is 11.5 Å². The molecule has 0 aliphatic rings. The van der Waals surface area contributed by atoms with E-state index < -0.39 is 0 Å². The number of hydrogen-bond donors (Lipinski definition) is 2. The van der Waals surface area contributed by atoms with Gasteiger partial charge in [0.2, 0.25) is 0 Å². The Morgan fingerprint density at radius 1 is 0.765 bits per heavy atom. The van der Waals surface area contributed by atoms with Gasteiger partial charge in [-0.05, 0) is 48.5 Å². The third-order valence-corrected chi connectivity index (χ3v) is 5.08. The molecule has 0 saturated carbocycles. The van der Waals surface area contributed by atoms with E-state index in [0.717, 1.165) is 28.4 Å². The van der Waals surface area contributed by atoms with Gasteiger partial charge in [0.15, 0.2) is 6.19 Å². The molecule has 4 rings (SSSR count). The van der Waals surface area contributed by atoms with Gasteiger partial charge in [0.1, 0.15) is 23.3 Å². The van der Waals surface area contributed by atoms with Crippen LogP contribution in [-0.4, -0.2) is 18.8 Å². The van der Waals surface area contributed by atoms with Crippen molar-refractivity contribution in [1.82, 2.24) is 4.57 Å². The standard InChI is InChI=1S/C14H12N4O.C13H13NO/c1-18-11(8-15)4-6-13(18)10-3-5-12(17-9-16)14(7-10)19-2;1-15-13-10-6-5-9-12(13)14-11-7-3-2-4-8-11/h3-7,17H,1-2H3;2-10,14H,1H3. The van der Waals surface area contributed by atoms with Crippen LogP contribution in [0.2, 0.25) is 0 Å². The van der Waals surface area contributed by atoms with Gasteiger partial charge < -0.3 is 19.4 Å². The molecule has 34 heavy (non-hydrogen) atoms. The first-order valence-corrected chi connectivity index (χ1v) is 10.5. The Morgan fingerprint density at radius 2 is 1.47 bits per heavy atom. The zero-order valence-electron chi connectivity index (χ0n) is 19.2. The fraction of sp³-hybridized carbons (Fsp3) is 0.111. The lowest BCUT2D eigenvalue weighted by molar-refractivity contribution is 0.417. The molecule has 0 aliphatic heterocycles. The summed E-state index contributed by atoms with van der Waals surface area (Å²) in [6, 6.07) is 29.1. The highest BCUT2D eigenvalue weighted by Crippen LogP contribution is 2.31. The van der Waals surface area contributed by atoms with Gasteiger partial charge in [-0.2, -0.15) is 10.5 Å². The molecule has 0 spiro atoms. The molecule has 0 aliphatic carbocycles. The number of nitrogens with one attached hydrogen (secondary N) is 2. The Bertz CT molecular complexity index is 1320. The SMILES string of the molecule is COc1cc(-c2ccc(C#N)n2C)ccc1NC#N.COc1ccccc1Nc1ccccc1. The van der Waals surface area contributed by atoms with Crippen LogP contribution in [0.25, 0.3) is 11.3 Å². The monoisotopic (exact) mass is 451 g/mol. The van der Waals surface area contributed by atoms with Crippen LogP contribution >= 0.6 is 0 Å². The fourth-order valence-corrected chi connectivity index (χ4v) is 3.35. The smallest absolute Gasteiger partial charge is 0.181 e. The molecule has 3 aromatic carbocycles. The van der Waals surface area contributed by atoms with Gasteiger partial charge in [-0.1, -0.05) is 36.4 Å². The van der Waals surface area contributed by atoms with Crippen LogP contribution in [0.15, 0.2) is 84.9 Å². The van der Waals surface area contributed by atoms with E-state index in [9.17, 15) is 0 Å². The first-order valence-electron chi connectivity index (χ1n) is 10.5. The molecule has 7 nitrogen and oxygen atoms in total. The van der Waals surface area contributed by atoms with Gasteiger partial charge in [-0.25, -0.2) is 0 Å². The van der Waals surface area contributed by atoms with Gasteiger partial charge in [0.25, 0.3) is 0 Å². The van der Waals surface area contributed by atoms with E-state index in [0.29, 0.717) is 17.1 Å². The number of hydrogen-bond acceptors (Lipinski definition) is 6. The van der Waals surface area contributed by atoms with Gasteiger partial charge in [0, 0.05) is 24.0 Å². The minimum Gasteiger partial charge on any atom is -0.495 e. The maximum atomic E-state index is 8.95. The third kappa shape index (κ3) is 5.67. The van der Waals surface area contributed by atoms with Crippen LogP contribution in [0.1, 0.15) is 5.69 Å². The van der Waals surface area contributed by atoms with Crippen molar-refractivity contribution in [1.29, 1.82) is 10.5 Å². The number of benzene rings is 3. The number of ether oxygens (including phenoxy) is 2. The van der Waals surface area contributed by atoms with Crippen molar-refractivity contribution in [3.63, 3.8) is 0 Å². The lowest BCUT2D eigenvalue weighted by Crippen LogP contribution is -1.97. The molecule has 0 fully saturated rings. The predicted molar refractivity (Wildman–Crippen MR) is 134 cm³/mol. The minimum atomic E-state index is 0.582. The highest BCUT2D eigenvalue weighted by Gasteiger charge is 2.10. The molecule has 0 saturated heterocycles. The van der Waals surface area contributed by atoms with Crippen LogP contribution in [0.3, 0.4) is 0 Å². The highest BCUT2D eigenvalue weighted by atomic mass is 16.5. The quantitative estimate of drug-likeness (QED) is 0.280. The lowest BCUT2D eigenvalue weighted by atomic mass is 10.1. The summed E-state index contributed by atoms with van der Waals surface area (Å²) in [5.41, 5.74) is 5.08.